The average molecular weight is 267 g/mol. The maximum absolute atomic E-state index is 11.5. The summed E-state index contributed by atoms with van der Waals surface area (Å²) in [6.07, 6.45) is 4.04. The van der Waals surface area contributed by atoms with Crippen molar-refractivity contribution in [2.75, 3.05) is 37.3 Å². The summed E-state index contributed by atoms with van der Waals surface area (Å²) in [5, 5.41) is 0. The highest BCUT2D eigenvalue weighted by Gasteiger charge is 2.49. The molecule has 0 N–H and O–H groups in total. The molecule has 1 aromatic heterocycles. The van der Waals surface area contributed by atoms with E-state index in [1.807, 2.05) is 18.2 Å². The van der Waals surface area contributed by atoms with E-state index in [1.165, 1.54) is 6.26 Å². The third kappa shape index (κ3) is 1.99. The number of anilines is 1. The molecule has 98 valence electrons. The van der Waals surface area contributed by atoms with Gasteiger partial charge in [0.2, 0.25) is 10.0 Å². The van der Waals surface area contributed by atoms with Crippen LogP contribution in [0.3, 0.4) is 0 Å². The Balaban J connectivity index is 1.66. The monoisotopic (exact) mass is 267 g/mol. The number of pyridine rings is 1. The van der Waals surface area contributed by atoms with Crippen LogP contribution in [0.2, 0.25) is 0 Å². The summed E-state index contributed by atoms with van der Waals surface area (Å²) in [7, 11) is -3.03. The smallest absolute Gasteiger partial charge is 0.211 e. The molecule has 2 saturated heterocycles. The molecule has 0 radical (unpaired) electrons. The Morgan fingerprint density at radius 1 is 1.28 bits per heavy atom. The molecule has 0 unspecified atom stereocenters. The summed E-state index contributed by atoms with van der Waals surface area (Å²) in [4.78, 5) is 6.53. The Morgan fingerprint density at radius 2 is 2.06 bits per heavy atom. The highest BCUT2D eigenvalue weighted by Crippen LogP contribution is 2.41. The number of hydrogen-bond donors (Lipinski definition) is 0. The first-order valence-corrected chi connectivity index (χ1v) is 7.95. The fourth-order valence-corrected chi connectivity index (χ4v) is 3.83. The topological polar surface area (TPSA) is 53.5 Å². The first kappa shape index (κ1) is 11.9. The Hall–Kier alpha value is -1.14. The molecule has 2 aliphatic rings. The zero-order chi connectivity index (χ0) is 12.8. The van der Waals surface area contributed by atoms with Crippen molar-refractivity contribution in [3.05, 3.63) is 24.4 Å². The van der Waals surface area contributed by atoms with Gasteiger partial charge in [0.1, 0.15) is 5.82 Å². The van der Waals surface area contributed by atoms with Crippen LogP contribution < -0.4 is 4.90 Å². The molecule has 3 heterocycles. The fourth-order valence-electron chi connectivity index (χ4n) is 2.90. The van der Waals surface area contributed by atoms with Crippen LogP contribution in [-0.4, -0.2) is 50.1 Å². The minimum atomic E-state index is -3.03. The van der Waals surface area contributed by atoms with Crippen molar-refractivity contribution >= 4 is 15.8 Å². The molecule has 0 bridgehead atoms. The van der Waals surface area contributed by atoms with Crippen molar-refractivity contribution in [3.8, 4) is 0 Å². The number of rotatable bonds is 2. The lowest BCUT2D eigenvalue weighted by molar-refractivity contribution is 0.229. The van der Waals surface area contributed by atoms with Gasteiger partial charge in [-0.25, -0.2) is 17.7 Å². The van der Waals surface area contributed by atoms with Gasteiger partial charge in [-0.05, 0) is 18.6 Å². The third-order valence-electron chi connectivity index (χ3n) is 3.90. The molecule has 3 rings (SSSR count). The zero-order valence-corrected chi connectivity index (χ0v) is 11.2. The summed E-state index contributed by atoms with van der Waals surface area (Å²) in [5.41, 5.74) is 0.153. The largest absolute Gasteiger partial charge is 0.355 e. The van der Waals surface area contributed by atoms with E-state index in [-0.39, 0.29) is 5.41 Å². The first-order chi connectivity index (χ1) is 8.49. The molecule has 0 aromatic carbocycles. The highest BCUT2D eigenvalue weighted by molar-refractivity contribution is 7.88. The van der Waals surface area contributed by atoms with Crippen molar-refractivity contribution in [2.45, 2.75) is 6.42 Å². The van der Waals surface area contributed by atoms with Crippen LogP contribution in [0.1, 0.15) is 6.42 Å². The van der Waals surface area contributed by atoms with Gasteiger partial charge < -0.3 is 4.90 Å². The Labute approximate surface area is 107 Å². The number of aromatic nitrogens is 1. The molecular formula is C12H17N3O2S. The Bertz CT molecular complexity index is 538. The lowest BCUT2D eigenvalue weighted by atomic mass is 9.79. The van der Waals surface area contributed by atoms with Crippen LogP contribution in [0.25, 0.3) is 0 Å². The summed E-state index contributed by atoms with van der Waals surface area (Å²) < 4.78 is 24.6. The lowest BCUT2D eigenvalue weighted by Crippen LogP contribution is -2.58. The molecule has 1 spiro atoms. The highest BCUT2D eigenvalue weighted by atomic mass is 32.2. The summed E-state index contributed by atoms with van der Waals surface area (Å²) in [5.74, 6) is 0.987. The van der Waals surface area contributed by atoms with E-state index in [2.05, 4.69) is 9.88 Å². The van der Waals surface area contributed by atoms with Crippen molar-refractivity contribution < 1.29 is 8.42 Å². The van der Waals surface area contributed by atoms with Crippen molar-refractivity contribution in [3.63, 3.8) is 0 Å². The maximum Gasteiger partial charge on any atom is 0.211 e. The maximum atomic E-state index is 11.5. The van der Waals surface area contributed by atoms with E-state index in [4.69, 9.17) is 0 Å². The number of sulfonamides is 1. The van der Waals surface area contributed by atoms with Crippen molar-refractivity contribution in [2.24, 2.45) is 5.41 Å². The Morgan fingerprint density at radius 3 is 2.61 bits per heavy atom. The summed E-state index contributed by atoms with van der Waals surface area (Å²) >= 11 is 0. The van der Waals surface area contributed by atoms with E-state index in [0.717, 1.165) is 25.3 Å². The predicted octanol–water partition coefficient (Wildman–Crippen LogP) is 0.553. The van der Waals surface area contributed by atoms with Gasteiger partial charge in [-0.3, -0.25) is 0 Å². The minimum Gasteiger partial charge on any atom is -0.355 e. The molecule has 0 amide bonds. The molecule has 0 aliphatic carbocycles. The van der Waals surface area contributed by atoms with Crippen LogP contribution in [0.15, 0.2) is 24.4 Å². The molecule has 2 aliphatic heterocycles. The zero-order valence-electron chi connectivity index (χ0n) is 10.4. The normalized spacial score (nSPS) is 23.3. The van der Waals surface area contributed by atoms with Crippen LogP contribution in [0.4, 0.5) is 5.82 Å². The van der Waals surface area contributed by atoms with Crippen LogP contribution in [-0.2, 0) is 10.0 Å². The van der Waals surface area contributed by atoms with E-state index in [1.54, 1.807) is 10.5 Å². The molecule has 0 saturated carbocycles. The molecule has 18 heavy (non-hydrogen) atoms. The first-order valence-electron chi connectivity index (χ1n) is 6.10. The molecular weight excluding hydrogens is 250 g/mol. The van der Waals surface area contributed by atoms with Gasteiger partial charge in [-0.15, -0.1) is 0 Å². The van der Waals surface area contributed by atoms with Gasteiger partial charge in [-0.2, -0.15) is 0 Å². The van der Waals surface area contributed by atoms with Gasteiger partial charge in [0.05, 0.1) is 6.26 Å². The van der Waals surface area contributed by atoms with E-state index in [0.29, 0.717) is 13.1 Å². The summed E-state index contributed by atoms with van der Waals surface area (Å²) in [6.45, 7) is 3.15. The fraction of sp³-hybridized carbons (Fsp3) is 0.583. The minimum absolute atomic E-state index is 0.153. The van der Waals surface area contributed by atoms with Crippen LogP contribution >= 0.6 is 0 Å². The lowest BCUT2D eigenvalue weighted by Gasteiger charge is -2.48. The standard InChI is InChI=1S/C12H17N3O2S/c1-18(16,17)15-7-5-12(10-15)8-14(9-12)11-4-2-3-6-13-11/h2-4,6H,5,7-10H2,1H3. The van der Waals surface area contributed by atoms with E-state index < -0.39 is 10.0 Å². The van der Waals surface area contributed by atoms with E-state index >= 15 is 0 Å². The van der Waals surface area contributed by atoms with Gasteiger partial charge in [0.25, 0.3) is 0 Å². The number of nitrogens with zero attached hydrogens (tertiary/aromatic N) is 3. The third-order valence-corrected chi connectivity index (χ3v) is 5.15. The second-order valence-corrected chi connectivity index (χ2v) is 7.37. The van der Waals surface area contributed by atoms with Crippen molar-refractivity contribution in [1.82, 2.24) is 9.29 Å². The quantitative estimate of drug-likeness (QED) is 0.785. The Kier molecular flexibility index (Phi) is 2.60. The molecule has 0 atom stereocenters. The second kappa shape index (κ2) is 3.93. The average Bonchev–Trinajstić information content (AvgIpc) is 2.73. The van der Waals surface area contributed by atoms with Crippen LogP contribution in [0.5, 0.6) is 0 Å². The van der Waals surface area contributed by atoms with Crippen molar-refractivity contribution in [1.29, 1.82) is 0 Å². The van der Waals surface area contributed by atoms with Crippen LogP contribution in [0, 0.1) is 5.41 Å². The molecule has 2 fully saturated rings. The summed E-state index contributed by atoms with van der Waals surface area (Å²) in [6, 6.07) is 5.88. The molecule has 5 nitrogen and oxygen atoms in total. The van der Waals surface area contributed by atoms with E-state index in [9.17, 15) is 8.42 Å². The molecule has 1 aromatic rings. The predicted molar refractivity (Wildman–Crippen MR) is 69.9 cm³/mol. The second-order valence-electron chi connectivity index (χ2n) is 5.39. The van der Waals surface area contributed by atoms with Gasteiger partial charge in [0.15, 0.2) is 0 Å². The number of hydrogen-bond acceptors (Lipinski definition) is 4. The molecule has 6 heteroatoms. The SMILES string of the molecule is CS(=O)(=O)N1CCC2(CN(c3ccccn3)C2)C1. The van der Waals surface area contributed by atoms with Gasteiger partial charge in [0, 0.05) is 37.8 Å². The van der Waals surface area contributed by atoms with Gasteiger partial charge in [-0.1, -0.05) is 6.07 Å². The van der Waals surface area contributed by atoms with Gasteiger partial charge >= 0.3 is 0 Å².